The van der Waals surface area contributed by atoms with E-state index < -0.39 is 6.04 Å². The van der Waals surface area contributed by atoms with E-state index in [9.17, 15) is 19.2 Å². The molecule has 1 atom stereocenters. The molecular weight excluding hydrogens is 344 g/mol. The Morgan fingerprint density at radius 2 is 1.85 bits per heavy atom. The fourth-order valence-electron chi connectivity index (χ4n) is 3.84. The van der Waals surface area contributed by atoms with E-state index in [-0.39, 0.29) is 24.1 Å². The van der Waals surface area contributed by atoms with Crippen molar-refractivity contribution in [1.82, 2.24) is 10.2 Å². The number of rotatable bonds is 9. The van der Waals surface area contributed by atoms with Gasteiger partial charge in [0, 0.05) is 24.9 Å². The molecule has 0 saturated carbocycles. The van der Waals surface area contributed by atoms with Gasteiger partial charge in [-0.2, -0.15) is 0 Å². The van der Waals surface area contributed by atoms with Gasteiger partial charge in [0.25, 0.3) is 5.91 Å². The smallest absolute Gasteiger partial charge is 0.255 e. The van der Waals surface area contributed by atoms with E-state index in [1.165, 1.54) is 0 Å². The van der Waals surface area contributed by atoms with Gasteiger partial charge in [0.2, 0.25) is 11.8 Å². The normalized spacial score (nSPS) is 19.2. The van der Waals surface area contributed by atoms with Crippen LogP contribution in [0.2, 0.25) is 0 Å². The number of piperidine rings is 1. The molecule has 1 saturated heterocycles. The van der Waals surface area contributed by atoms with Crippen LogP contribution in [0, 0.1) is 0 Å². The van der Waals surface area contributed by atoms with Crippen LogP contribution in [0.1, 0.15) is 72.9 Å². The van der Waals surface area contributed by atoms with Gasteiger partial charge in [-0.3, -0.25) is 19.7 Å². The lowest BCUT2D eigenvalue weighted by Gasteiger charge is -2.29. The third kappa shape index (κ3) is 4.62. The molecule has 1 fully saturated rings. The molecule has 1 unspecified atom stereocenters. The number of nitrogens with one attached hydrogen (secondary N) is 1. The molecule has 0 bridgehead atoms. The Morgan fingerprint density at radius 3 is 2.63 bits per heavy atom. The average molecular weight is 370 g/mol. The molecule has 2 heterocycles. The monoisotopic (exact) mass is 370 g/mol. The summed E-state index contributed by atoms with van der Waals surface area (Å²) in [5, 5.41) is 2.33. The second-order valence-corrected chi connectivity index (χ2v) is 7.36. The van der Waals surface area contributed by atoms with Crippen LogP contribution in [0.25, 0.3) is 0 Å². The zero-order valence-corrected chi connectivity index (χ0v) is 15.5. The number of unbranched alkanes of at least 4 members (excludes halogenated alkanes) is 5. The van der Waals surface area contributed by atoms with Crippen molar-refractivity contribution >= 4 is 24.0 Å². The largest absolute Gasteiger partial charge is 0.322 e. The van der Waals surface area contributed by atoms with Gasteiger partial charge < -0.3 is 9.69 Å². The number of carbonyl (C=O) groups excluding carboxylic acids is 4. The van der Waals surface area contributed by atoms with Gasteiger partial charge in [-0.25, -0.2) is 0 Å². The van der Waals surface area contributed by atoms with Crippen LogP contribution < -0.4 is 5.32 Å². The second-order valence-electron chi connectivity index (χ2n) is 7.36. The molecule has 2 aliphatic rings. The highest BCUT2D eigenvalue weighted by Crippen LogP contribution is 2.28. The Hall–Kier alpha value is -2.50. The predicted octanol–water partition coefficient (Wildman–Crippen LogP) is 2.53. The number of imide groups is 1. The minimum atomic E-state index is -0.558. The van der Waals surface area contributed by atoms with Gasteiger partial charge in [-0.1, -0.05) is 31.4 Å². The molecule has 0 radical (unpaired) electrons. The number of fused-ring (bicyclic) bond motifs is 1. The van der Waals surface area contributed by atoms with Crippen molar-refractivity contribution in [3.05, 3.63) is 34.9 Å². The summed E-state index contributed by atoms with van der Waals surface area (Å²) in [5.74, 6) is -0.758. The zero-order chi connectivity index (χ0) is 19.2. The molecule has 0 aromatic heterocycles. The molecule has 1 N–H and O–H groups in total. The Morgan fingerprint density at radius 1 is 1.07 bits per heavy atom. The topological polar surface area (TPSA) is 83.6 Å². The lowest BCUT2D eigenvalue weighted by atomic mass is 10.0. The number of hydrogen-bond donors (Lipinski definition) is 1. The van der Waals surface area contributed by atoms with E-state index >= 15 is 0 Å². The van der Waals surface area contributed by atoms with E-state index in [0.717, 1.165) is 55.9 Å². The van der Waals surface area contributed by atoms with E-state index in [1.54, 1.807) is 4.90 Å². The maximum Gasteiger partial charge on any atom is 0.255 e. The number of nitrogens with zero attached hydrogens (tertiary/aromatic N) is 1. The number of hydrogen-bond acceptors (Lipinski definition) is 4. The van der Waals surface area contributed by atoms with Gasteiger partial charge in [0.05, 0.1) is 0 Å². The summed E-state index contributed by atoms with van der Waals surface area (Å²) in [6.07, 6.45) is 8.56. The SMILES string of the molecule is O=CCCCCCCCc1ccc2c(c1)C(=O)N(C1CCC(=O)NC1=O)C2. The van der Waals surface area contributed by atoms with Crippen LogP contribution in [-0.4, -0.2) is 34.9 Å². The van der Waals surface area contributed by atoms with Gasteiger partial charge in [-0.15, -0.1) is 0 Å². The summed E-state index contributed by atoms with van der Waals surface area (Å²) in [4.78, 5) is 48.1. The first-order valence-electron chi connectivity index (χ1n) is 9.80. The number of benzene rings is 1. The molecule has 27 heavy (non-hydrogen) atoms. The predicted molar refractivity (Wildman–Crippen MR) is 100.0 cm³/mol. The highest BCUT2D eigenvalue weighted by Gasteiger charge is 2.38. The molecule has 2 aliphatic heterocycles. The molecular formula is C21H26N2O4. The van der Waals surface area contributed by atoms with Crippen molar-refractivity contribution < 1.29 is 19.2 Å². The van der Waals surface area contributed by atoms with Crippen molar-refractivity contribution in [3.8, 4) is 0 Å². The summed E-state index contributed by atoms with van der Waals surface area (Å²) >= 11 is 0. The third-order valence-electron chi connectivity index (χ3n) is 5.38. The summed E-state index contributed by atoms with van der Waals surface area (Å²) in [5.41, 5.74) is 2.77. The Labute approximate surface area is 159 Å². The van der Waals surface area contributed by atoms with Crippen LogP contribution in [0.15, 0.2) is 18.2 Å². The maximum atomic E-state index is 12.8. The molecule has 3 amide bonds. The first kappa shape index (κ1) is 19.3. The van der Waals surface area contributed by atoms with Crippen LogP contribution in [0.3, 0.4) is 0 Å². The second kappa shape index (κ2) is 8.93. The highest BCUT2D eigenvalue weighted by molar-refractivity contribution is 6.05. The van der Waals surface area contributed by atoms with Gasteiger partial charge in [0.15, 0.2) is 0 Å². The van der Waals surface area contributed by atoms with Crippen LogP contribution in [0.4, 0.5) is 0 Å². The fourth-order valence-corrected chi connectivity index (χ4v) is 3.84. The minimum absolute atomic E-state index is 0.116. The number of aryl methyl sites for hydroxylation is 1. The molecule has 1 aromatic carbocycles. The van der Waals surface area contributed by atoms with Gasteiger partial charge in [-0.05, 0) is 42.9 Å². The van der Waals surface area contributed by atoms with Crippen LogP contribution >= 0.6 is 0 Å². The molecule has 6 nitrogen and oxygen atoms in total. The van der Waals surface area contributed by atoms with E-state index in [4.69, 9.17) is 0 Å². The standard InChI is InChI=1S/C21H26N2O4/c24-12-6-4-2-1-3-5-7-15-8-9-16-14-23(21(27)17(16)13-15)18-10-11-19(25)22-20(18)26/h8-9,12-13,18H,1-7,10-11,14H2,(H,22,25,26). The van der Waals surface area contributed by atoms with Crippen molar-refractivity contribution in [1.29, 1.82) is 0 Å². The molecule has 3 rings (SSSR count). The lowest BCUT2D eigenvalue weighted by Crippen LogP contribution is -2.52. The van der Waals surface area contributed by atoms with E-state index in [0.29, 0.717) is 24.9 Å². The highest BCUT2D eigenvalue weighted by atomic mass is 16.2. The summed E-state index contributed by atoms with van der Waals surface area (Å²) in [6.45, 7) is 0.428. The molecule has 0 aliphatic carbocycles. The molecule has 0 spiro atoms. The van der Waals surface area contributed by atoms with Gasteiger partial charge in [0.1, 0.15) is 12.3 Å². The Balaban J connectivity index is 1.54. The third-order valence-corrected chi connectivity index (χ3v) is 5.38. The lowest BCUT2D eigenvalue weighted by molar-refractivity contribution is -0.136. The quantitative estimate of drug-likeness (QED) is 0.411. The van der Waals surface area contributed by atoms with E-state index in [1.807, 2.05) is 12.1 Å². The first-order chi connectivity index (χ1) is 13.1. The first-order valence-corrected chi connectivity index (χ1v) is 9.80. The van der Waals surface area contributed by atoms with Crippen molar-refractivity contribution in [3.63, 3.8) is 0 Å². The number of amides is 3. The van der Waals surface area contributed by atoms with Crippen molar-refractivity contribution in [2.24, 2.45) is 0 Å². The van der Waals surface area contributed by atoms with Crippen LogP contribution in [-0.2, 0) is 27.3 Å². The molecule has 6 heteroatoms. The number of aldehydes is 1. The van der Waals surface area contributed by atoms with E-state index in [2.05, 4.69) is 11.4 Å². The summed E-state index contributed by atoms with van der Waals surface area (Å²) in [6, 6.07) is 5.44. The molecule has 1 aromatic rings. The van der Waals surface area contributed by atoms with Crippen molar-refractivity contribution in [2.75, 3.05) is 0 Å². The molecule has 144 valence electrons. The maximum absolute atomic E-state index is 12.8. The van der Waals surface area contributed by atoms with Crippen LogP contribution in [0.5, 0.6) is 0 Å². The summed E-state index contributed by atoms with van der Waals surface area (Å²) < 4.78 is 0. The van der Waals surface area contributed by atoms with Gasteiger partial charge >= 0.3 is 0 Å². The summed E-state index contributed by atoms with van der Waals surface area (Å²) in [7, 11) is 0. The Kier molecular flexibility index (Phi) is 6.37. The fraction of sp³-hybridized carbons (Fsp3) is 0.524. The Bertz CT molecular complexity index is 744. The minimum Gasteiger partial charge on any atom is -0.322 e. The average Bonchev–Trinajstić information content (AvgIpc) is 2.97. The number of carbonyl (C=O) groups is 4. The van der Waals surface area contributed by atoms with Crippen molar-refractivity contribution in [2.45, 2.75) is 70.4 Å². The zero-order valence-electron chi connectivity index (χ0n) is 15.5.